The molecule has 40 heavy (non-hydrogen) atoms. The van der Waals surface area contributed by atoms with E-state index >= 15 is 0 Å². The van der Waals surface area contributed by atoms with Gasteiger partial charge in [-0.2, -0.15) is 0 Å². The lowest BCUT2D eigenvalue weighted by atomic mass is 10.1. The number of alkyl carbamates (subject to hydrolysis) is 1. The van der Waals surface area contributed by atoms with E-state index < -0.39 is 18.2 Å². The van der Waals surface area contributed by atoms with Crippen molar-refractivity contribution in [3.63, 3.8) is 0 Å². The number of carboxylic acids is 1. The highest BCUT2D eigenvalue weighted by Crippen LogP contribution is 2.11. The minimum Gasteiger partial charge on any atom is -0.481 e. The Balaban J connectivity index is 3.89. The van der Waals surface area contributed by atoms with E-state index in [1.165, 1.54) is 88.2 Å². The standard InChI is InChI=1S/C34H61NO5/c1-5-6-7-8-9-10-11-12-13-14-15-16-17-18-19-20-27-35-34(38)40-32(24-25-33(36)37)29-39-28-26-31(4)23-21-22-30(2)3/h12-13,22,26,32H,5-11,14-21,23-25,27-29H2,1-4H3,(H,35,38)(H,36,37)/b13-12-,31-26+. The average molecular weight is 564 g/mol. The van der Waals surface area contributed by atoms with Gasteiger partial charge >= 0.3 is 12.1 Å². The number of carbonyl (C=O) groups is 2. The highest BCUT2D eigenvalue weighted by Gasteiger charge is 2.16. The van der Waals surface area contributed by atoms with E-state index in [4.69, 9.17) is 14.6 Å². The van der Waals surface area contributed by atoms with Crippen molar-refractivity contribution in [1.82, 2.24) is 5.32 Å². The second-order valence-electron chi connectivity index (χ2n) is 11.2. The van der Waals surface area contributed by atoms with Gasteiger partial charge in [-0.05, 0) is 72.1 Å². The predicted molar refractivity (Wildman–Crippen MR) is 168 cm³/mol. The molecular weight excluding hydrogens is 502 g/mol. The molecule has 6 heteroatoms. The molecule has 0 aromatic rings. The number of aliphatic carboxylic acids is 1. The number of nitrogens with one attached hydrogen (secondary N) is 1. The number of ether oxygens (including phenoxy) is 2. The first-order valence-corrected chi connectivity index (χ1v) is 16.0. The molecule has 0 fully saturated rings. The van der Waals surface area contributed by atoms with Crippen molar-refractivity contribution in [1.29, 1.82) is 0 Å². The number of carbonyl (C=O) groups excluding carboxylic acids is 1. The Morgan fingerprint density at radius 2 is 1.38 bits per heavy atom. The molecule has 232 valence electrons. The van der Waals surface area contributed by atoms with Crippen LogP contribution in [0.5, 0.6) is 0 Å². The zero-order valence-electron chi connectivity index (χ0n) is 26.3. The van der Waals surface area contributed by atoms with Gasteiger partial charge in [0.05, 0.1) is 13.2 Å². The molecular formula is C34H61NO5. The van der Waals surface area contributed by atoms with Crippen LogP contribution >= 0.6 is 0 Å². The summed E-state index contributed by atoms with van der Waals surface area (Å²) in [5, 5.41) is 11.8. The number of rotatable bonds is 27. The van der Waals surface area contributed by atoms with Crippen LogP contribution in [0.1, 0.15) is 143 Å². The Morgan fingerprint density at radius 1 is 0.775 bits per heavy atom. The van der Waals surface area contributed by atoms with Crippen LogP contribution in [0.2, 0.25) is 0 Å². The van der Waals surface area contributed by atoms with Crippen LogP contribution in [0.25, 0.3) is 0 Å². The lowest BCUT2D eigenvalue weighted by Gasteiger charge is -2.17. The molecule has 0 aliphatic carbocycles. The number of amides is 1. The first-order chi connectivity index (χ1) is 19.3. The van der Waals surface area contributed by atoms with Crippen molar-refractivity contribution in [2.45, 2.75) is 149 Å². The summed E-state index contributed by atoms with van der Waals surface area (Å²) in [6.45, 7) is 9.70. The molecule has 6 nitrogen and oxygen atoms in total. The van der Waals surface area contributed by atoms with Gasteiger partial charge in [0.25, 0.3) is 0 Å². The highest BCUT2D eigenvalue weighted by molar-refractivity contribution is 5.68. The Bertz CT molecular complexity index is 709. The molecule has 0 radical (unpaired) electrons. The number of allylic oxidation sites excluding steroid dienone is 5. The minimum atomic E-state index is -0.909. The molecule has 0 rings (SSSR count). The van der Waals surface area contributed by atoms with E-state index in [9.17, 15) is 9.59 Å². The smallest absolute Gasteiger partial charge is 0.407 e. The summed E-state index contributed by atoms with van der Waals surface area (Å²) in [5.41, 5.74) is 2.56. The quantitative estimate of drug-likeness (QED) is 0.0767. The third kappa shape index (κ3) is 28.9. The van der Waals surface area contributed by atoms with Gasteiger partial charge in [-0.3, -0.25) is 4.79 Å². The van der Waals surface area contributed by atoms with Gasteiger partial charge in [0.2, 0.25) is 0 Å². The Labute approximate surface area is 246 Å². The Kier molecular flexibility index (Phi) is 27.0. The zero-order chi connectivity index (χ0) is 29.7. The van der Waals surface area contributed by atoms with E-state index in [-0.39, 0.29) is 19.4 Å². The molecule has 0 heterocycles. The van der Waals surface area contributed by atoms with Gasteiger partial charge in [-0.25, -0.2) is 4.79 Å². The van der Waals surface area contributed by atoms with Gasteiger partial charge < -0.3 is 19.9 Å². The van der Waals surface area contributed by atoms with E-state index in [1.54, 1.807) is 0 Å². The maximum atomic E-state index is 12.2. The zero-order valence-corrected chi connectivity index (χ0v) is 26.3. The van der Waals surface area contributed by atoms with Crippen LogP contribution in [0, 0.1) is 0 Å². The van der Waals surface area contributed by atoms with Crippen molar-refractivity contribution in [2.75, 3.05) is 19.8 Å². The molecule has 1 unspecified atom stereocenters. The maximum absolute atomic E-state index is 12.2. The Morgan fingerprint density at radius 3 is 1.98 bits per heavy atom. The lowest BCUT2D eigenvalue weighted by molar-refractivity contribution is -0.137. The van der Waals surface area contributed by atoms with Crippen LogP contribution < -0.4 is 5.32 Å². The molecule has 0 saturated heterocycles. The summed E-state index contributed by atoms with van der Waals surface area (Å²) >= 11 is 0. The first kappa shape index (κ1) is 37.9. The second kappa shape index (κ2) is 28.4. The fourth-order valence-corrected chi connectivity index (χ4v) is 4.31. The summed E-state index contributed by atoms with van der Waals surface area (Å²) in [4.78, 5) is 23.2. The van der Waals surface area contributed by atoms with Crippen molar-refractivity contribution in [3.8, 4) is 0 Å². The van der Waals surface area contributed by atoms with Gasteiger partial charge in [-0.1, -0.05) is 100 Å². The molecule has 0 aromatic heterocycles. The normalized spacial score (nSPS) is 12.4. The third-order valence-corrected chi connectivity index (χ3v) is 6.86. The summed E-state index contributed by atoms with van der Waals surface area (Å²) in [7, 11) is 0. The molecule has 0 aromatic carbocycles. The van der Waals surface area contributed by atoms with Gasteiger partial charge in [0.1, 0.15) is 6.10 Å². The molecule has 0 aliphatic heterocycles. The van der Waals surface area contributed by atoms with Crippen LogP contribution in [0.3, 0.4) is 0 Å². The van der Waals surface area contributed by atoms with Crippen molar-refractivity contribution in [2.24, 2.45) is 0 Å². The molecule has 1 atom stereocenters. The largest absolute Gasteiger partial charge is 0.481 e. The van der Waals surface area contributed by atoms with E-state index in [0.29, 0.717) is 13.2 Å². The third-order valence-electron chi connectivity index (χ3n) is 6.86. The Hall–Kier alpha value is -2.08. The summed E-state index contributed by atoms with van der Waals surface area (Å²) < 4.78 is 11.1. The number of hydrogen-bond donors (Lipinski definition) is 2. The monoisotopic (exact) mass is 563 g/mol. The van der Waals surface area contributed by atoms with Crippen molar-refractivity contribution >= 4 is 12.1 Å². The second-order valence-corrected chi connectivity index (χ2v) is 11.2. The fourth-order valence-electron chi connectivity index (χ4n) is 4.31. The summed E-state index contributed by atoms with van der Waals surface area (Å²) in [6.07, 6.45) is 27.5. The van der Waals surface area contributed by atoms with Crippen LogP contribution in [-0.4, -0.2) is 43.0 Å². The molecule has 1 amide bonds. The molecule has 0 saturated carbocycles. The van der Waals surface area contributed by atoms with E-state index in [2.05, 4.69) is 51.2 Å². The van der Waals surface area contributed by atoms with Gasteiger partial charge in [0.15, 0.2) is 0 Å². The average Bonchev–Trinajstić information content (AvgIpc) is 2.91. The van der Waals surface area contributed by atoms with Crippen molar-refractivity contribution in [3.05, 3.63) is 35.5 Å². The van der Waals surface area contributed by atoms with Crippen LogP contribution in [0.15, 0.2) is 35.5 Å². The van der Waals surface area contributed by atoms with Crippen LogP contribution in [0.4, 0.5) is 4.79 Å². The topological polar surface area (TPSA) is 84.9 Å². The fraction of sp³-hybridized carbons (Fsp3) is 0.765. The lowest BCUT2D eigenvalue weighted by Crippen LogP contribution is -2.32. The maximum Gasteiger partial charge on any atom is 0.407 e. The summed E-state index contributed by atoms with van der Waals surface area (Å²) in [6, 6.07) is 0. The van der Waals surface area contributed by atoms with Crippen molar-refractivity contribution < 1.29 is 24.2 Å². The number of unbranched alkanes of at least 4 members (excludes halogenated alkanes) is 12. The number of carboxylic acid groups (broad SMARTS) is 1. The SMILES string of the molecule is CCCCCCCC/C=C\CCCCCCCCNC(=O)OC(CCC(=O)O)COC/C=C(\C)CCC=C(C)C. The molecule has 0 aliphatic rings. The predicted octanol–water partition coefficient (Wildman–Crippen LogP) is 9.69. The number of hydrogen-bond acceptors (Lipinski definition) is 4. The highest BCUT2D eigenvalue weighted by atomic mass is 16.6. The van der Waals surface area contributed by atoms with E-state index in [0.717, 1.165) is 25.7 Å². The van der Waals surface area contributed by atoms with Gasteiger partial charge in [0, 0.05) is 13.0 Å². The minimum absolute atomic E-state index is 0.0617. The van der Waals surface area contributed by atoms with Crippen LogP contribution in [-0.2, 0) is 14.3 Å². The van der Waals surface area contributed by atoms with Gasteiger partial charge in [-0.15, -0.1) is 0 Å². The first-order valence-electron chi connectivity index (χ1n) is 16.0. The van der Waals surface area contributed by atoms with E-state index in [1.807, 2.05) is 6.08 Å². The molecule has 0 bridgehead atoms. The summed E-state index contributed by atoms with van der Waals surface area (Å²) in [5.74, 6) is -0.909. The molecule has 2 N–H and O–H groups in total. The molecule has 0 spiro atoms.